The first-order chi connectivity index (χ1) is 10.7. The average molecular weight is 340 g/mol. The van der Waals surface area contributed by atoms with E-state index in [-0.39, 0.29) is 23.3 Å². The zero-order valence-corrected chi connectivity index (χ0v) is 14.4. The van der Waals surface area contributed by atoms with Gasteiger partial charge in [0.2, 0.25) is 10.0 Å². The number of aromatic nitrogens is 2. The van der Waals surface area contributed by atoms with Crippen LogP contribution in [0.4, 0.5) is 4.39 Å². The van der Waals surface area contributed by atoms with Crippen LogP contribution in [-0.2, 0) is 17.1 Å². The Balaban J connectivity index is 2.18. The van der Waals surface area contributed by atoms with Crippen LogP contribution in [0.5, 0.6) is 0 Å². The fourth-order valence-corrected chi connectivity index (χ4v) is 3.65. The quantitative estimate of drug-likeness (QED) is 0.864. The van der Waals surface area contributed by atoms with E-state index < -0.39 is 10.0 Å². The molecule has 2 rings (SSSR count). The van der Waals surface area contributed by atoms with Crippen molar-refractivity contribution in [2.45, 2.75) is 17.9 Å². The third kappa shape index (κ3) is 4.15. The van der Waals surface area contributed by atoms with Crippen LogP contribution < -0.4 is 4.72 Å². The van der Waals surface area contributed by atoms with Gasteiger partial charge < -0.3 is 4.90 Å². The highest BCUT2D eigenvalue weighted by Crippen LogP contribution is 2.19. The van der Waals surface area contributed by atoms with Crippen LogP contribution in [0, 0.1) is 12.7 Å². The number of halogens is 1. The maximum atomic E-state index is 13.1. The summed E-state index contributed by atoms with van der Waals surface area (Å²) < 4.78 is 42.0. The second kappa shape index (κ2) is 6.77. The molecule has 0 radical (unpaired) electrons. The van der Waals surface area contributed by atoms with E-state index >= 15 is 0 Å². The minimum atomic E-state index is -3.65. The third-order valence-electron chi connectivity index (χ3n) is 3.60. The van der Waals surface area contributed by atoms with Crippen molar-refractivity contribution < 1.29 is 12.8 Å². The lowest BCUT2D eigenvalue weighted by Crippen LogP contribution is -2.34. The molecule has 1 atom stereocenters. The first-order valence-electron chi connectivity index (χ1n) is 7.12. The summed E-state index contributed by atoms with van der Waals surface area (Å²) in [5.41, 5.74) is 1.28. The molecule has 23 heavy (non-hydrogen) atoms. The van der Waals surface area contributed by atoms with E-state index in [4.69, 9.17) is 0 Å². The van der Waals surface area contributed by atoms with Gasteiger partial charge in [0.05, 0.1) is 5.69 Å². The molecule has 1 heterocycles. The normalized spacial score (nSPS) is 13.5. The van der Waals surface area contributed by atoms with Gasteiger partial charge in [0.1, 0.15) is 10.7 Å². The Kier molecular flexibility index (Phi) is 5.18. The van der Waals surface area contributed by atoms with E-state index in [1.54, 1.807) is 26.1 Å². The molecule has 0 saturated heterocycles. The largest absolute Gasteiger partial charge is 0.301 e. The van der Waals surface area contributed by atoms with Crippen LogP contribution in [0.3, 0.4) is 0 Å². The molecule has 126 valence electrons. The number of nitrogens with one attached hydrogen (secondary N) is 1. The lowest BCUT2D eigenvalue weighted by atomic mass is 10.1. The van der Waals surface area contributed by atoms with Gasteiger partial charge in [0.25, 0.3) is 0 Å². The highest BCUT2D eigenvalue weighted by molar-refractivity contribution is 7.89. The third-order valence-corrected chi connectivity index (χ3v) is 5.13. The summed E-state index contributed by atoms with van der Waals surface area (Å²) in [6.45, 7) is 1.83. The van der Waals surface area contributed by atoms with E-state index in [1.165, 1.54) is 23.0 Å². The molecule has 0 aliphatic carbocycles. The molecule has 0 amide bonds. The van der Waals surface area contributed by atoms with Crippen molar-refractivity contribution in [3.8, 4) is 0 Å². The predicted molar refractivity (Wildman–Crippen MR) is 86.0 cm³/mol. The Morgan fingerprint density at radius 2 is 1.91 bits per heavy atom. The molecule has 0 saturated carbocycles. The van der Waals surface area contributed by atoms with Gasteiger partial charge in [0.15, 0.2) is 0 Å². The molecule has 0 aliphatic heterocycles. The highest BCUT2D eigenvalue weighted by Gasteiger charge is 2.22. The summed E-state index contributed by atoms with van der Waals surface area (Å²) in [6, 6.07) is 5.84. The van der Waals surface area contributed by atoms with Crippen LogP contribution in [0.1, 0.15) is 17.3 Å². The lowest BCUT2D eigenvalue weighted by Gasteiger charge is -2.25. The van der Waals surface area contributed by atoms with Crippen molar-refractivity contribution in [3.05, 3.63) is 47.5 Å². The molecular weight excluding hydrogens is 319 g/mol. The number of hydrogen-bond acceptors (Lipinski definition) is 4. The van der Waals surface area contributed by atoms with E-state index in [1.807, 2.05) is 19.0 Å². The topological polar surface area (TPSA) is 67.2 Å². The molecule has 1 aromatic heterocycles. The Hall–Kier alpha value is -1.77. The summed E-state index contributed by atoms with van der Waals surface area (Å²) in [4.78, 5) is 2.04. The molecule has 1 N–H and O–H groups in total. The van der Waals surface area contributed by atoms with Crippen molar-refractivity contribution in [1.29, 1.82) is 0 Å². The number of benzene rings is 1. The molecule has 0 bridgehead atoms. The van der Waals surface area contributed by atoms with Gasteiger partial charge in [-0.25, -0.2) is 17.5 Å². The molecule has 0 fully saturated rings. The minimum Gasteiger partial charge on any atom is -0.301 e. The maximum Gasteiger partial charge on any atom is 0.244 e. The number of likely N-dealkylation sites (N-methyl/N-ethyl adjacent to an activating group) is 1. The first-order valence-corrected chi connectivity index (χ1v) is 8.61. The fourth-order valence-electron chi connectivity index (χ4n) is 2.39. The second-order valence-corrected chi connectivity index (χ2v) is 7.37. The number of sulfonamides is 1. The molecular formula is C15H21FN4O2S. The van der Waals surface area contributed by atoms with E-state index in [9.17, 15) is 12.8 Å². The van der Waals surface area contributed by atoms with Crippen molar-refractivity contribution in [2.75, 3.05) is 20.6 Å². The Labute approximate surface area is 136 Å². The van der Waals surface area contributed by atoms with Crippen molar-refractivity contribution in [1.82, 2.24) is 19.4 Å². The SMILES string of the molecule is Cc1nn(C)cc1S(=O)(=O)NC[C@H](c1ccc(F)cc1)N(C)C. The van der Waals surface area contributed by atoms with Gasteiger partial charge >= 0.3 is 0 Å². The van der Waals surface area contributed by atoms with Gasteiger partial charge in [-0.15, -0.1) is 0 Å². The standard InChI is InChI=1S/C15H21FN4O2S/c1-11-15(10-20(4)18-11)23(21,22)17-9-14(19(2)3)12-5-7-13(16)8-6-12/h5-8,10,14,17H,9H2,1-4H3/t14-/m1/s1. The summed E-state index contributed by atoms with van der Waals surface area (Å²) in [7, 11) is 1.71. The Morgan fingerprint density at radius 1 is 1.30 bits per heavy atom. The van der Waals surface area contributed by atoms with Crippen LogP contribution in [0.15, 0.2) is 35.4 Å². The first kappa shape index (κ1) is 17.6. The molecule has 6 nitrogen and oxygen atoms in total. The monoisotopic (exact) mass is 340 g/mol. The van der Waals surface area contributed by atoms with Gasteiger partial charge in [-0.05, 0) is 38.7 Å². The van der Waals surface area contributed by atoms with Gasteiger partial charge in [-0.2, -0.15) is 5.10 Å². The van der Waals surface area contributed by atoms with Gasteiger partial charge in [-0.3, -0.25) is 4.68 Å². The van der Waals surface area contributed by atoms with Crippen molar-refractivity contribution in [2.24, 2.45) is 7.05 Å². The molecule has 0 unspecified atom stereocenters. The fraction of sp³-hybridized carbons (Fsp3) is 0.400. The zero-order chi connectivity index (χ0) is 17.2. The summed E-state index contributed by atoms with van der Waals surface area (Å²) in [6.07, 6.45) is 1.47. The van der Waals surface area contributed by atoms with Crippen LogP contribution in [0.25, 0.3) is 0 Å². The molecule has 0 spiro atoms. The van der Waals surface area contributed by atoms with Gasteiger partial charge in [0, 0.05) is 25.8 Å². The number of aryl methyl sites for hydroxylation is 2. The summed E-state index contributed by atoms with van der Waals surface area (Å²) in [5, 5.41) is 4.05. The molecule has 8 heteroatoms. The van der Waals surface area contributed by atoms with Crippen LogP contribution in [0.2, 0.25) is 0 Å². The summed E-state index contributed by atoms with van der Waals surface area (Å²) >= 11 is 0. The number of rotatable bonds is 6. The zero-order valence-electron chi connectivity index (χ0n) is 13.6. The van der Waals surface area contributed by atoms with Gasteiger partial charge in [-0.1, -0.05) is 12.1 Å². The smallest absolute Gasteiger partial charge is 0.244 e. The molecule has 2 aromatic rings. The second-order valence-electron chi connectivity index (χ2n) is 5.64. The predicted octanol–water partition coefficient (Wildman–Crippen LogP) is 1.45. The van der Waals surface area contributed by atoms with E-state index in [0.29, 0.717) is 5.69 Å². The molecule has 1 aromatic carbocycles. The average Bonchev–Trinajstić information content (AvgIpc) is 2.80. The maximum absolute atomic E-state index is 13.1. The highest BCUT2D eigenvalue weighted by atomic mass is 32.2. The minimum absolute atomic E-state index is 0.164. The summed E-state index contributed by atoms with van der Waals surface area (Å²) in [5.74, 6) is -0.321. The van der Waals surface area contributed by atoms with Crippen LogP contribution in [-0.4, -0.2) is 43.7 Å². The number of nitrogens with zero attached hydrogens (tertiary/aromatic N) is 3. The van der Waals surface area contributed by atoms with Crippen molar-refractivity contribution in [3.63, 3.8) is 0 Å². The van der Waals surface area contributed by atoms with Crippen LogP contribution >= 0.6 is 0 Å². The molecule has 0 aliphatic rings. The lowest BCUT2D eigenvalue weighted by molar-refractivity contribution is 0.299. The van der Waals surface area contributed by atoms with Crippen molar-refractivity contribution >= 4 is 10.0 Å². The Morgan fingerprint density at radius 3 is 2.39 bits per heavy atom. The number of hydrogen-bond donors (Lipinski definition) is 1. The Bertz CT molecular complexity index is 769. The van der Waals surface area contributed by atoms with E-state index in [0.717, 1.165) is 5.56 Å². The van der Waals surface area contributed by atoms with E-state index in [2.05, 4.69) is 9.82 Å².